The zero-order valence-electron chi connectivity index (χ0n) is 24.3. The summed E-state index contributed by atoms with van der Waals surface area (Å²) in [6.07, 6.45) is 12.2. The minimum Gasteiger partial charge on any atom is -0.223 e. The van der Waals surface area contributed by atoms with Crippen molar-refractivity contribution in [3.8, 4) is 0 Å². The lowest BCUT2D eigenvalue weighted by Crippen LogP contribution is -2.41. The second-order valence-electron chi connectivity index (χ2n) is 11.8. The summed E-state index contributed by atoms with van der Waals surface area (Å²) in [6, 6.07) is 18.3. The largest absolute Gasteiger partial charge is 0.223 e. The van der Waals surface area contributed by atoms with E-state index in [1.54, 1.807) is 36.4 Å². The molecule has 0 amide bonds. The first-order valence-electron chi connectivity index (χ1n) is 14.5. The van der Waals surface area contributed by atoms with Crippen LogP contribution >= 0.6 is 0 Å². The van der Waals surface area contributed by atoms with Crippen LogP contribution in [-0.2, 0) is 19.9 Å². The third-order valence-corrected chi connectivity index (χ3v) is 12.5. The van der Waals surface area contributed by atoms with Crippen molar-refractivity contribution in [1.29, 1.82) is 0 Å². The van der Waals surface area contributed by atoms with Gasteiger partial charge in [-0.3, -0.25) is 0 Å². The van der Waals surface area contributed by atoms with Crippen molar-refractivity contribution in [2.24, 2.45) is 0 Å². The van der Waals surface area contributed by atoms with Gasteiger partial charge in [0, 0.05) is 14.1 Å². The lowest BCUT2D eigenvalue weighted by atomic mass is 10.0. The summed E-state index contributed by atoms with van der Waals surface area (Å²) in [5.41, 5.74) is 0.908. The maximum absolute atomic E-state index is 13.8. The summed E-state index contributed by atoms with van der Waals surface area (Å²) in [4.78, 5) is 0.254. The number of rotatable bonds is 19. The highest BCUT2D eigenvalue weighted by molar-refractivity contribution is 7.92. The molecule has 2 aromatic rings. The number of nitrogens with one attached hydrogen (secondary N) is 1. The van der Waals surface area contributed by atoms with Gasteiger partial charge in [-0.25, -0.2) is 21.6 Å². The highest BCUT2D eigenvalue weighted by atomic mass is 32.2. The van der Waals surface area contributed by atoms with E-state index in [-0.39, 0.29) is 17.1 Å². The van der Waals surface area contributed by atoms with Crippen molar-refractivity contribution in [3.63, 3.8) is 0 Å². The lowest BCUT2D eigenvalue weighted by molar-refractivity contribution is 0.471. The second-order valence-corrected chi connectivity index (χ2v) is 21.4. The van der Waals surface area contributed by atoms with Gasteiger partial charge in [0.2, 0.25) is 10.0 Å². The fourth-order valence-corrected chi connectivity index (χ4v) is 10.5. The van der Waals surface area contributed by atoms with Gasteiger partial charge in [-0.1, -0.05) is 132 Å². The summed E-state index contributed by atoms with van der Waals surface area (Å²) in [5, 5.41) is -0.852. The first kappa shape index (κ1) is 33.5. The van der Waals surface area contributed by atoms with Gasteiger partial charge in [0.25, 0.3) is 0 Å². The number of sulfonamides is 1. The Morgan fingerprint density at radius 2 is 1.36 bits per heavy atom. The highest BCUT2D eigenvalue weighted by Gasteiger charge is 2.30. The van der Waals surface area contributed by atoms with Crippen molar-refractivity contribution >= 4 is 34.0 Å². The van der Waals surface area contributed by atoms with Crippen LogP contribution in [-0.4, -0.2) is 42.0 Å². The van der Waals surface area contributed by atoms with Gasteiger partial charge in [0.15, 0.2) is 9.84 Å². The Kier molecular flexibility index (Phi) is 14.2. The van der Waals surface area contributed by atoms with E-state index in [0.717, 1.165) is 24.8 Å². The Hall–Kier alpha value is -1.74. The normalized spacial score (nSPS) is 14.5. The SMILES string of the molecule is CCCCCCCCC[C@H](CC(/C=C/c1ccccc1)S(=O)(=O)c1ccccc1)NS(=O)(=O)CC[Si](C)(C)C. The topological polar surface area (TPSA) is 80.3 Å². The molecule has 0 heterocycles. The van der Waals surface area contributed by atoms with E-state index < -0.39 is 39.2 Å². The molecule has 2 atom stereocenters. The molecule has 0 aromatic heterocycles. The average molecular weight is 592 g/mol. The number of benzene rings is 2. The standard InChI is InChI=1S/C31H49NO4S2Si/c1-5-6-7-8-9-10-15-20-29(32-37(33,34)25-26-39(2,3)4)27-31(24-23-28-18-13-11-14-19-28)38(35,36)30-21-16-12-17-22-30/h11-14,16-19,21-24,29,31-32H,5-10,15,20,25-27H2,1-4H3/b24-23+/t29-,31?/m1/s1. The Bertz CT molecular complexity index is 1190. The summed E-state index contributed by atoms with van der Waals surface area (Å²) >= 11 is 0. The van der Waals surface area contributed by atoms with Crippen molar-refractivity contribution in [1.82, 2.24) is 4.72 Å². The van der Waals surface area contributed by atoms with Gasteiger partial charge in [0.05, 0.1) is 15.9 Å². The van der Waals surface area contributed by atoms with Crippen LogP contribution in [0, 0.1) is 0 Å². The quantitative estimate of drug-likeness (QED) is 0.134. The van der Waals surface area contributed by atoms with Crippen LogP contribution in [0.2, 0.25) is 25.7 Å². The molecular weight excluding hydrogens is 543 g/mol. The van der Waals surface area contributed by atoms with Crippen LogP contribution in [0.1, 0.15) is 70.3 Å². The van der Waals surface area contributed by atoms with E-state index in [4.69, 9.17) is 0 Å². The maximum atomic E-state index is 13.8. The van der Waals surface area contributed by atoms with E-state index in [2.05, 4.69) is 31.3 Å². The molecule has 0 aliphatic rings. The molecule has 0 aliphatic carbocycles. The van der Waals surface area contributed by atoms with E-state index in [1.807, 2.05) is 36.4 Å². The molecule has 5 nitrogen and oxygen atoms in total. The smallest absolute Gasteiger partial charge is 0.211 e. The molecule has 1 unspecified atom stereocenters. The van der Waals surface area contributed by atoms with Crippen LogP contribution in [0.15, 0.2) is 71.6 Å². The molecule has 0 aliphatic heterocycles. The minimum atomic E-state index is -3.72. The summed E-state index contributed by atoms with van der Waals surface area (Å²) in [7, 11) is -8.79. The van der Waals surface area contributed by atoms with E-state index >= 15 is 0 Å². The van der Waals surface area contributed by atoms with Gasteiger partial charge in [-0.2, -0.15) is 0 Å². The number of sulfone groups is 1. The summed E-state index contributed by atoms with van der Waals surface area (Å²) in [6.45, 7) is 8.69. The molecule has 2 aromatic carbocycles. The molecule has 0 radical (unpaired) electrons. The molecule has 39 heavy (non-hydrogen) atoms. The highest BCUT2D eigenvalue weighted by Crippen LogP contribution is 2.24. The second kappa shape index (κ2) is 16.5. The monoisotopic (exact) mass is 591 g/mol. The Balaban J connectivity index is 2.28. The van der Waals surface area contributed by atoms with Crippen LogP contribution in [0.4, 0.5) is 0 Å². The number of hydrogen-bond donors (Lipinski definition) is 1. The molecule has 8 heteroatoms. The molecule has 0 spiro atoms. The minimum absolute atomic E-state index is 0.0895. The lowest BCUT2D eigenvalue weighted by Gasteiger charge is -2.24. The maximum Gasteiger partial charge on any atom is 0.211 e. The zero-order valence-corrected chi connectivity index (χ0v) is 26.9. The average Bonchev–Trinajstić information content (AvgIpc) is 2.89. The number of hydrogen-bond acceptors (Lipinski definition) is 4. The molecule has 0 fully saturated rings. The van der Waals surface area contributed by atoms with E-state index in [1.165, 1.54) is 25.7 Å². The van der Waals surface area contributed by atoms with Gasteiger partial charge < -0.3 is 0 Å². The molecule has 218 valence electrons. The molecular formula is C31H49NO4S2Si. The Labute approximate surface area is 239 Å². The van der Waals surface area contributed by atoms with Crippen molar-refractivity contribution < 1.29 is 16.8 Å². The summed E-state index contributed by atoms with van der Waals surface area (Å²) < 4.78 is 56.7. The fourth-order valence-electron chi connectivity index (χ4n) is 4.48. The van der Waals surface area contributed by atoms with E-state index in [9.17, 15) is 16.8 Å². The molecule has 0 saturated heterocycles. The van der Waals surface area contributed by atoms with Crippen molar-refractivity contribution in [2.45, 2.75) is 107 Å². The first-order chi connectivity index (χ1) is 18.4. The van der Waals surface area contributed by atoms with E-state index in [0.29, 0.717) is 12.5 Å². The fraction of sp³-hybridized carbons (Fsp3) is 0.548. The molecule has 0 bridgehead atoms. The third-order valence-electron chi connectivity index (χ3n) is 6.91. The summed E-state index contributed by atoms with van der Waals surface area (Å²) in [5.74, 6) is 0.0895. The van der Waals surface area contributed by atoms with Gasteiger partial charge in [-0.05, 0) is 36.6 Å². The van der Waals surface area contributed by atoms with Crippen LogP contribution in [0.25, 0.3) is 6.08 Å². The van der Waals surface area contributed by atoms with Crippen molar-refractivity contribution in [2.75, 3.05) is 5.75 Å². The number of unbranched alkanes of at least 4 members (excludes halogenated alkanes) is 6. The van der Waals surface area contributed by atoms with Crippen LogP contribution in [0.3, 0.4) is 0 Å². The third kappa shape index (κ3) is 13.4. The first-order valence-corrected chi connectivity index (χ1v) is 21.4. The molecule has 0 saturated carbocycles. The predicted molar refractivity (Wildman–Crippen MR) is 169 cm³/mol. The van der Waals surface area contributed by atoms with Gasteiger partial charge >= 0.3 is 0 Å². The van der Waals surface area contributed by atoms with Crippen LogP contribution < -0.4 is 4.72 Å². The molecule has 1 N–H and O–H groups in total. The zero-order chi connectivity index (χ0) is 28.8. The van der Waals surface area contributed by atoms with Crippen LogP contribution in [0.5, 0.6) is 0 Å². The van der Waals surface area contributed by atoms with Gasteiger partial charge in [0.1, 0.15) is 0 Å². The van der Waals surface area contributed by atoms with Crippen molar-refractivity contribution in [3.05, 3.63) is 72.3 Å². The Morgan fingerprint density at radius 1 is 0.795 bits per heavy atom. The predicted octanol–water partition coefficient (Wildman–Crippen LogP) is 7.70. The van der Waals surface area contributed by atoms with Gasteiger partial charge in [-0.15, -0.1) is 0 Å². The Morgan fingerprint density at radius 3 is 1.95 bits per heavy atom. The molecule has 2 rings (SSSR count).